The number of thioether (sulfide) groups is 1. The van der Waals surface area contributed by atoms with Crippen molar-refractivity contribution < 1.29 is 9.13 Å². The molecule has 0 aliphatic heterocycles. The molecule has 4 heteroatoms. The molecule has 0 amide bonds. The number of ether oxygens (including phenoxy) is 1. The van der Waals surface area contributed by atoms with Crippen molar-refractivity contribution in [1.82, 2.24) is 0 Å². The van der Waals surface area contributed by atoms with Gasteiger partial charge in [-0.05, 0) is 29.3 Å². The summed E-state index contributed by atoms with van der Waals surface area (Å²) in [6, 6.07) is 12.7. The van der Waals surface area contributed by atoms with Crippen LogP contribution in [0, 0.1) is 5.82 Å². The molecule has 0 heterocycles. The molecule has 19 heavy (non-hydrogen) atoms. The molecular formula is C15H16FNOS. The van der Waals surface area contributed by atoms with E-state index in [1.54, 1.807) is 24.9 Å². The molecule has 2 N–H and O–H groups in total. The second-order valence-electron chi connectivity index (χ2n) is 4.07. The number of rotatable bonds is 5. The van der Waals surface area contributed by atoms with Crippen LogP contribution in [0.3, 0.4) is 0 Å². The standard InChI is InChI=1S/C15H16FNOS/c1-18-14-4-2-3-5-15(14)19-10-12-8-11(9-17)6-7-13(12)16/h2-8H,9-10,17H2,1H3. The van der Waals surface area contributed by atoms with E-state index in [1.807, 2.05) is 30.3 Å². The molecule has 0 radical (unpaired) electrons. The van der Waals surface area contributed by atoms with Gasteiger partial charge in [0.05, 0.1) is 7.11 Å². The van der Waals surface area contributed by atoms with Crippen molar-refractivity contribution in [2.45, 2.75) is 17.2 Å². The van der Waals surface area contributed by atoms with Gasteiger partial charge in [0, 0.05) is 17.2 Å². The Kier molecular flexibility index (Phi) is 4.82. The summed E-state index contributed by atoms with van der Waals surface area (Å²) in [5.74, 6) is 1.17. The monoisotopic (exact) mass is 277 g/mol. The summed E-state index contributed by atoms with van der Waals surface area (Å²) in [7, 11) is 1.63. The van der Waals surface area contributed by atoms with Crippen LogP contribution in [-0.2, 0) is 12.3 Å². The predicted molar refractivity (Wildman–Crippen MR) is 76.8 cm³/mol. The molecule has 0 aliphatic rings. The fourth-order valence-electron chi connectivity index (χ4n) is 1.76. The zero-order valence-electron chi connectivity index (χ0n) is 10.7. The van der Waals surface area contributed by atoms with Crippen molar-refractivity contribution in [3.63, 3.8) is 0 Å². The highest BCUT2D eigenvalue weighted by Crippen LogP contribution is 2.31. The molecule has 2 nitrogen and oxygen atoms in total. The Hall–Kier alpha value is -1.52. The van der Waals surface area contributed by atoms with Gasteiger partial charge in [-0.1, -0.05) is 24.3 Å². The molecule has 0 aliphatic carbocycles. The van der Waals surface area contributed by atoms with Crippen molar-refractivity contribution in [1.29, 1.82) is 0 Å². The van der Waals surface area contributed by atoms with Crippen LogP contribution < -0.4 is 10.5 Å². The summed E-state index contributed by atoms with van der Waals surface area (Å²) in [6.07, 6.45) is 0. The Labute approximate surface area is 116 Å². The second kappa shape index (κ2) is 6.59. The van der Waals surface area contributed by atoms with E-state index in [0.29, 0.717) is 17.9 Å². The zero-order valence-corrected chi connectivity index (χ0v) is 11.5. The molecule has 0 atom stereocenters. The first-order valence-electron chi connectivity index (χ1n) is 5.97. The number of nitrogens with two attached hydrogens (primary N) is 1. The van der Waals surface area contributed by atoms with E-state index in [1.165, 1.54) is 6.07 Å². The van der Waals surface area contributed by atoms with Gasteiger partial charge in [-0.15, -0.1) is 11.8 Å². The lowest BCUT2D eigenvalue weighted by atomic mass is 10.1. The number of halogens is 1. The minimum Gasteiger partial charge on any atom is -0.496 e. The van der Waals surface area contributed by atoms with Gasteiger partial charge in [0.25, 0.3) is 0 Å². The van der Waals surface area contributed by atoms with Gasteiger partial charge < -0.3 is 10.5 Å². The Morgan fingerprint density at radius 3 is 2.74 bits per heavy atom. The van der Waals surface area contributed by atoms with Crippen LogP contribution in [-0.4, -0.2) is 7.11 Å². The Bertz CT molecular complexity index is 560. The summed E-state index contributed by atoms with van der Waals surface area (Å²) in [5, 5.41) is 0. The van der Waals surface area contributed by atoms with Crippen LogP contribution >= 0.6 is 11.8 Å². The Morgan fingerprint density at radius 2 is 2.00 bits per heavy atom. The molecule has 0 aromatic heterocycles. The van der Waals surface area contributed by atoms with Crippen molar-refractivity contribution in [3.8, 4) is 5.75 Å². The lowest BCUT2D eigenvalue weighted by Crippen LogP contribution is -1.98. The van der Waals surface area contributed by atoms with E-state index in [2.05, 4.69) is 0 Å². The van der Waals surface area contributed by atoms with Crippen molar-refractivity contribution in [2.75, 3.05) is 7.11 Å². The summed E-state index contributed by atoms with van der Waals surface area (Å²) >= 11 is 1.55. The maximum Gasteiger partial charge on any atom is 0.132 e. The number of benzene rings is 2. The average molecular weight is 277 g/mol. The summed E-state index contributed by atoms with van der Waals surface area (Å²) in [4.78, 5) is 1.00. The molecule has 2 rings (SSSR count). The molecular weight excluding hydrogens is 261 g/mol. The smallest absolute Gasteiger partial charge is 0.132 e. The summed E-state index contributed by atoms with van der Waals surface area (Å²) in [6.45, 7) is 0.423. The molecule has 0 saturated carbocycles. The first-order valence-corrected chi connectivity index (χ1v) is 6.96. The molecule has 100 valence electrons. The normalized spacial score (nSPS) is 10.5. The van der Waals surface area contributed by atoms with Crippen molar-refractivity contribution in [2.24, 2.45) is 5.73 Å². The number of hydrogen-bond acceptors (Lipinski definition) is 3. The van der Waals surface area contributed by atoms with E-state index in [9.17, 15) is 4.39 Å². The SMILES string of the molecule is COc1ccccc1SCc1cc(CN)ccc1F. The van der Waals surface area contributed by atoms with Gasteiger partial charge in [0.15, 0.2) is 0 Å². The maximum atomic E-state index is 13.7. The minimum atomic E-state index is -0.195. The third kappa shape index (κ3) is 3.49. The van der Waals surface area contributed by atoms with Crippen LogP contribution in [0.1, 0.15) is 11.1 Å². The number of methoxy groups -OCH3 is 1. The fraction of sp³-hybridized carbons (Fsp3) is 0.200. The van der Waals surface area contributed by atoms with Gasteiger partial charge in [-0.3, -0.25) is 0 Å². The zero-order chi connectivity index (χ0) is 13.7. The third-order valence-electron chi connectivity index (χ3n) is 2.80. The second-order valence-corrected chi connectivity index (χ2v) is 5.09. The van der Waals surface area contributed by atoms with Gasteiger partial charge in [-0.2, -0.15) is 0 Å². The van der Waals surface area contributed by atoms with Crippen LogP contribution in [0.25, 0.3) is 0 Å². The molecule has 2 aromatic rings. The van der Waals surface area contributed by atoms with Crippen LogP contribution in [0.15, 0.2) is 47.4 Å². The summed E-state index contributed by atoms with van der Waals surface area (Å²) in [5.41, 5.74) is 7.18. The molecule has 0 bridgehead atoms. The van der Waals surface area contributed by atoms with Crippen molar-refractivity contribution >= 4 is 11.8 Å². The molecule has 0 fully saturated rings. The average Bonchev–Trinajstić information content (AvgIpc) is 2.46. The quantitative estimate of drug-likeness (QED) is 0.848. The van der Waals surface area contributed by atoms with Gasteiger partial charge in [0.1, 0.15) is 11.6 Å². The van der Waals surface area contributed by atoms with Gasteiger partial charge in [0.2, 0.25) is 0 Å². The van der Waals surface area contributed by atoms with E-state index >= 15 is 0 Å². The van der Waals surface area contributed by atoms with Crippen molar-refractivity contribution in [3.05, 3.63) is 59.4 Å². The molecule has 0 saturated heterocycles. The van der Waals surface area contributed by atoms with Crippen LogP contribution in [0.5, 0.6) is 5.75 Å². The van der Waals surface area contributed by atoms with Crippen LogP contribution in [0.4, 0.5) is 4.39 Å². The third-order valence-corrected chi connectivity index (χ3v) is 3.90. The highest BCUT2D eigenvalue weighted by Gasteiger charge is 2.07. The van der Waals surface area contributed by atoms with Crippen LogP contribution in [0.2, 0.25) is 0 Å². The number of hydrogen-bond donors (Lipinski definition) is 1. The topological polar surface area (TPSA) is 35.2 Å². The van der Waals surface area contributed by atoms with E-state index in [0.717, 1.165) is 16.2 Å². The van der Waals surface area contributed by atoms with Gasteiger partial charge >= 0.3 is 0 Å². The predicted octanol–water partition coefficient (Wildman–Crippen LogP) is 3.59. The Balaban J connectivity index is 2.14. The highest BCUT2D eigenvalue weighted by molar-refractivity contribution is 7.98. The minimum absolute atomic E-state index is 0.195. The van der Waals surface area contributed by atoms with E-state index in [-0.39, 0.29) is 5.82 Å². The number of para-hydroxylation sites is 1. The Morgan fingerprint density at radius 1 is 1.21 bits per heavy atom. The molecule has 0 spiro atoms. The van der Waals surface area contributed by atoms with E-state index in [4.69, 9.17) is 10.5 Å². The maximum absolute atomic E-state index is 13.7. The summed E-state index contributed by atoms with van der Waals surface area (Å²) < 4.78 is 19.0. The lowest BCUT2D eigenvalue weighted by molar-refractivity contribution is 0.405. The first-order chi connectivity index (χ1) is 9.24. The highest BCUT2D eigenvalue weighted by atomic mass is 32.2. The largest absolute Gasteiger partial charge is 0.496 e. The first kappa shape index (κ1) is 13.9. The van der Waals surface area contributed by atoms with E-state index < -0.39 is 0 Å². The molecule has 0 unspecified atom stereocenters. The van der Waals surface area contributed by atoms with Gasteiger partial charge in [-0.25, -0.2) is 4.39 Å². The fourth-order valence-corrected chi connectivity index (χ4v) is 2.76. The lowest BCUT2D eigenvalue weighted by Gasteiger charge is -2.09. The molecule has 2 aromatic carbocycles.